The zero-order chi connectivity index (χ0) is 24.6. The minimum Gasteiger partial charge on any atom is -0.497 e. The van der Waals surface area contributed by atoms with E-state index in [9.17, 15) is 4.79 Å². The van der Waals surface area contributed by atoms with E-state index >= 15 is 0 Å². The zero-order valence-electron chi connectivity index (χ0n) is 20.2. The van der Waals surface area contributed by atoms with Crippen LogP contribution in [0.15, 0.2) is 79.0 Å². The molecular weight excluding hydrogens is 440 g/mol. The van der Waals surface area contributed by atoms with Gasteiger partial charge in [-0.05, 0) is 73.8 Å². The van der Waals surface area contributed by atoms with Crippen LogP contribution in [0.5, 0.6) is 5.75 Å². The number of anilines is 3. The van der Waals surface area contributed by atoms with Gasteiger partial charge in [0.2, 0.25) is 0 Å². The normalized spacial score (nSPS) is 10.9. The summed E-state index contributed by atoms with van der Waals surface area (Å²) >= 11 is 0. The third-order valence-corrected chi connectivity index (χ3v) is 5.69. The molecular formula is C27H30N6O2. The van der Waals surface area contributed by atoms with Crippen LogP contribution in [-0.2, 0) is 6.54 Å². The molecule has 0 aliphatic rings. The van der Waals surface area contributed by atoms with Gasteiger partial charge in [-0.25, -0.2) is 4.68 Å². The average molecular weight is 471 g/mol. The largest absolute Gasteiger partial charge is 0.497 e. The van der Waals surface area contributed by atoms with E-state index < -0.39 is 0 Å². The molecule has 0 atom stereocenters. The Morgan fingerprint density at radius 2 is 1.69 bits per heavy atom. The maximum Gasteiger partial charge on any atom is 0.255 e. The van der Waals surface area contributed by atoms with Crippen LogP contribution >= 0.6 is 0 Å². The van der Waals surface area contributed by atoms with Crippen LogP contribution in [-0.4, -0.2) is 46.0 Å². The van der Waals surface area contributed by atoms with Gasteiger partial charge in [0.15, 0.2) is 0 Å². The Morgan fingerprint density at radius 1 is 0.943 bits per heavy atom. The molecule has 0 aliphatic heterocycles. The Hall–Kier alpha value is -4.17. The summed E-state index contributed by atoms with van der Waals surface area (Å²) in [4.78, 5) is 14.9. The summed E-state index contributed by atoms with van der Waals surface area (Å²) in [7, 11) is 1.58. The van der Waals surface area contributed by atoms with Crippen LogP contribution in [0.1, 0.15) is 29.9 Å². The van der Waals surface area contributed by atoms with Crippen LogP contribution in [0.25, 0.3) is 5.69 Å². The topological polar surface area (TPSA) is 84.3 Å². The fourth-order valence-electron chi connectivity index (χ4n) is 3.68. The van der Waals surface area contributed by atoms with E-state index in [1.165, 1.54) is 0 Å². The first-order valence-corrected chi connectivity index (χ1v) is 11.6. The smallest absolute Gasteiger partial charge is 0.255 e. The summed E-state index contributed by atoms with van der Waals surface area (Å²) in [5.74, 6) is 0.445. The Morgan fingerprint density at radius 3 is 2.43 bits per heavy atom. The molecule has 0 unspecified atom stereocenters. The minimum atomic E-state index is -0.196. The van der Waals surface area contributed by atoms with Crippen molar-refractivity contribution in [1.82, 2.24) is 19.9 Å². The van der Waals surface area contributed by atoms with E-state index in [0.717, 1.165) is 42.4 Å². The average Bonchev–Trinajstić information content (AvgIpc) is 3.36. The third kappa shape index (κ3) is 6.24. The first-order chi connectivity index (χ1) is 17.1. The third-order valence-electron chi connectivity index (χ3n) is 5.69. The van der Waals surface area contributed by atoms with Gasteiger partial charge in [-0.2, -0.15) is 0 Å². The number of rotatable bonds is 10. The van der Waals surface area contributed by atoms with E-state index in [-0.39, 0.29) is 5.91 Å². The SMILES string of the molecule is CCN(CC)Cc1cn(-c2ccc(Nc3cccc(NC(=O)c4cccc(OC)c4)c3)cc2)nn1. The molecule has 0 radical (unpaired) electrons. The summed E-state index contributed by atoms with van der Waals surface area (Å²) in [5, 5.41) is 14.9. The van der Waals surface area contributed by atoms with Gasteiger partial charge in [0.1, 0.15) is 5.75 Å². The highest BCUT2D eigenvalue weighted by Crippen LogP contribution is 2.22. The molecule has 1 heterocycles. The molecule has 1 aromatic heterocycles. The summed E-state index contributed by atoms with van der Waals surface area (Å²) in [5.41, 5.74) is 4.91. The zero-order valence-corrected chi connectivity index (χ0v) is 20.2. The monoisotopic (exact) mass is 470 g/mol. The van der Waals surface area contributed by atoms with E-state index in [4.69, 9.17) is 4.74 Å². The number of ether oxygens (including phenoxy) is 1. The number of carbonyl (C=O) groups excluding carboxylic acids is 1. The molecule has 180 valence electrons. The minimum absolute atomic E-state index is 0.196. The van der Waals surface area contributed by atoms with Gasteiger partial charge in [-0.15, -0.1) is 5.10 Å². The van der Waals surface area contributed by atoms with Gasteiger partial charge in [-0.3, -0.25) is 9.69 Å². The highest BCUT2D eigenvalue weighted by Gasteiger charge is 2.09. The summed E-state index contributed by atoms with van der Waals surface area (Å²) in [6, 6.07) is 22.6. The molecule has 3 aromatic carbocycles. The predicted molar refractivity (Wildman–Crippen MR) is 139 cm³/mol. The number of nitrogens with one attached hydrogen (secondary N) is 2. The van der Waals surface area contributed by atoms with Crippen LogP contribution in [0, 0.1) is 0 Å². The van der Waals surface area contributed by atoms with Crippen LogP contribution in [0.4, 0.5) is 17.1 Å². The van der Waals surface area contributed by atoms with Crippen molar-refractivity contribution in [2.75, 3.05) is 30.8 Å². The van der Waals surface area contributed by atoms with Crippen molar-refractivity contribution in [3.8, 4) is 11.4 Å². The van der Waals surface area contributed by atoms with Gasteiger partial charge >= 0.3 is 0 Å². The number of benzene rings is 3. The molecule has 35 heavy (non-hydrogen) atoms. The van der Waals surface area contributed by atoms with Gasteiger partial charge in [0.05, 0.1) is 24.7 Å². The highest BCUT2D eigenvalue weighted by atomic mass is 16.5. The number of nitrogens with zero attached hydrogens (tertiary/aromatic N) is 4. The summed E-state index contributed by atoms with van der Waals surface area (Å²) in [6.45, 7) is 7.04. The molecule has 0 spiro atoms. The molecule has 0 fully saturated rings. The van der Waals surface area contributed by atoms with Gasteiger partial charge in [0.25, 0.3) is 5.91 Å². The van der Waals surface area contributed by atoms with E-state index in [1.54, 1.807) is 36.1 Å². The number of amides is 1. The Kier molecular flexibility index (Phi) is 7.74. The molecule has 0 bridgehead atoms. The molecule has 1 amide bonds. The van der Waals surface area contributed by atoms with E-state index in [0.29, 0.717) is 17.0 Å². The fraction of sp³-hybridized carbons (Fsp3) is 0.222. The van der Waals surface area contributed by atoms with Crippen molar-refractivity contribution in [3.63, 3.8) is 0 Å². The second-order valence-corrected chi connectivity index (χ2v) is 8.05. The summed E-state index contributed by atoms with van der Waals surface area (Å²) in [6.07, 6.45) is 1.97. The predicted octanol–water partition coefficient (Wildman–Crippen LogP) is 5.11. The Balaban J connectivity index is 1.40. The number of hydrogen-bond acceptors (Lipinski definition) is 6. The van der Waals surface area contributed by atoms with Crippen molar-refractivity contribution in [3.05, 3.63) is 90.3 Å². The number of carbonyl (C=O) groups is 1. The lowest BCUT2D eigenvalue weighted by molar-refractivity contribution is 0.102. The number of methoxy groups -OCH3 is 1. The highest BCUT2D eigenvalue weighted by molar-refractivity contribution is 6.04. The fourth-order valence-corrected chi connectivity index (χ4v) is 3.68. The van der Waals surface area contributed by atoms with Crippen molar-refractivity contribution in [2.45, 2.75) is 20.4 Å². The quantitative estimate of drug-likeness (QED) is 0.335. The molecule has 0 aliphatic carbocycles. The van der Waals surface area contributed by atoms with E-state index in [2.05, 4.69) is 39.7 Å². The first kappa shape index (κ1) is 24.0. The van der Waals surface area contributed by atoms with Crippen molar-refractivity contribution in [1.29, 1.82) is 0 Å². The molecule has 4 aromatic rings. The molecule has 0 saturated carbocycles. The molecule has 8 heteroatoms. The van der Waals surface area contributed by atoms with Crippen molar-refractivity contribution >= 4 is 23.0 Å². The number of hydrogen-bond donors (Lipinski definition) is 2. The van der Waals surface area contributed by atoms with Crippen LogP contribution in [0.3, 0.4) is 0 Å². The second kappa shape index (κ2) is 11.3. The number of aromatic nitrogens is 3. The van der Waals surface area contributed by atoms with Gasteiger partial charge < -0.3 is 15.4 Å². The van der Waals surface area contributed by atoms with Crippen molar-refractivity contribution < 1.29 is 9.53 Å². The van der Waals surface area contributed by atoms with Crippen LogP contribution < -0.4 is 15.4 Å². The molecule has 4 rings (SSSR count). The van der Waals surface area contributed by atoms with Crippen LogP contribution in [0.2, 0.25) is 0 Å². The lowest BCUT2D eigenvalue weighted by Crippen LogP contribution is -2.22. The van der Waals surface area contributed by atoms with Gasteiger partial charge in [0, 0.05) is 29.2 Å². The summed E-state index contributed by atoms with van der Waals surface area (Å²) < 4.78 is 6.99. The standard InChI is InChI=1S/C27H30N6O2/c1-4-32(5-2)18-24-19-33(31-30-24)25-14-12-21(13-15-25)28-22-9-7-10-23(17-22)29-27(34)20-8-6-11-26(16-20)35-3/h6-17,19,28H,4-5,18H2,1-3H3,(H,29,34). The Labute approximate surface area is 205 Å². The maximum absolute atomic E-state index is 12.6. The lowest BCUT2D eigenvalue weighted by Gasteiger charge is -2.15. The van der Waals surface area contributed by atoms with E-state index in [1.807, 2.05) is 54.7 Å². The maximum atomic E-state index is 12.6. The molecule has 0 saturated heterocycles. The Bertz CT molecular complexity index is 1260. The van der Waals surface area contributed by atoms with Gasteiger partial charge in [-0.1, -0.05) is 31.2 Å². The first-order valence-electron chi connectivity index (χ1n) is 11.6. The molecule has 2 N–H and O–H groups in total. The second-order valence-electron chi connectivity index (χ2n) is 8.05. The molecule has 8 nitrogen and oxygen atoms in total. The lowest BCUT2D eigenvalue weighted by atomic mass is 10.2. The van der Waals surface area contributed by atoms with Crippen molar-refractivity contribution in [2.24, 2.45) is 0 Å².